The van der Waals surface area contributed by atoms with Crippen LogP contribution >= 0.6 is 0 Å². The first-order chi connectivity index (χ1) is 18.4. The van der Waals surface area contributed by atoms with Gasteiger partial charge in [0, 0.05) is 30.8 Å². The number of hydrogen-bond acceptors (Lipinski definition) is 4. The molecule has 2 bridgehead atoms. The Morgan fingerprint density at radius 1 is 1.13 bits per heavy atom. The topological polar surface area (TPSA) is 53.0 Å². The fourth-order valence-electron chi connectivity index (χ4n) is 8.35. The van der Waals surface area contributed by atoms with Gasteiger partial charge in [-0.3, -0.25) is 9.69 Å². The van der Waals surface area contributed by atoms with Crippen LogP contribution in [0.15, 0.2) is 54.6 Å². The predicted octanol–water partition coefficient (Wildman–Crippen LogP) is 4.82. The maximum absolute atomic E-state index is 13.8. The Kier molecular flexibility index (Phi) is 5.75. The molecule has 0 unspecified atom stereocenters. The van der Waals surface area contributed by atoms with Crippen molar-refractivity contribution in [3.63, 3.8) is 0 Å². The summed E-state index contributed by atoms with van der Waals surface area (Å²) in [4.78, 5) is 18.5. The monoisotopic (exact) mass is 512 g/mol. The number of benzene rings is 2. The molecule has 2 saturated carbocycles. The van der Waals surface area contributed by atoms with E-state index in [2.05, 4.69) is 41.8 Å². The van der Waals surface area contributed by atoms with E-state index in [1.54, 1.807) is 6.08 Å². The van der Waals surface area contributed by atoms with Crippen LogP contribution in [0.5, 0.6) is 5.75 Å². The van der Waals surface area contributed by atoms with Crippen molar-refractivity contribution in [1.82, 2.24) is 9.80 Å². The summed E-state index contributed by atoms with van der Waals surface area (Å²) in [6.45, 7) is 7.13. The van der Waals surface area contributed by atoms with E-state index >= 15 is 0 Å². The van der Waals surface area contributed by atoms with Crippen LogP contribution in [-0.2, 0) is 16.6 Å². The molecule has 1 amide bonds. The van der Waals surface area contributed by atoms with Crippen LogP contribution in [0.25, 0.3) is 6.08 Å². The fraction of sp³-hybridized carbons (Fsp3) is 0.545. The molecule has 1 spiro atoms. The van der Waals surface area contributed by atoms with Gasteiger partial charge < -0.3 is 14.7 Å². The summed E-state index contributed by atoms with van der Waals surface area (Å²) in [5.41, 5.74) is 2.33. The molecule has 5 atom stereocenters. The van der Waals surface area contributed by atoms with E-state index in [9.17, 15) is 9.90 Å². The summed E-state index contributed by atoms with van der Waals surface area (Å²) in [5, 5.41) is 12.7. The molecule has 2 aromatic rings. The molecule has 3 fully saturated rings. The van der Waals surface area contributed by atoms with Crippen molar-refractivity contribution in [3.8, 4) is 5.75 Å². The molecule has 5 aliphatic rings. The van der Waals surface area contributed by atoms with Crippen LogP contribution in [0, 0.1) is 11.8 Å². The highest BCUT2D eigenvalue weighted by atomic mass is 16.5. The van der Waals surface area contributed by atoms with E-state index in [1.807, 2.05) is 36.4 Å². The minimum absolute atomic E-state index is 0.0349. The van der Waals surface area contributed by atoms with Gasteiger partial charge in [0.05, 0.1) is 17.1 Å². The number of hydrogen-bond donors (Lipinski definition) is 1. The highest BCUT2D eigenvalue weighted by Gasteiger charge is 2.73. The van der Waals surface area contributed by atoms with E-state index in [-0.39, 0.29) is 24.1 Å². The summed E-state index contributed by atoms with van der Waals surface area (Å²) >= 11 is 0. The quantitative estimate of drug-likeness (QED) is 0.541. The highest BCUT2D eigenvalue weighted by Crippen LogP contribution is 2.64. The Labute approximate surface area is 226 Å². The van der Waals surface area contributed by atoms with Gasteiger partial charge in [0.15, 0.2) is 0 Å². The van der Waals surface area contributed by atoms with Crippen molar-refractivity contribution in [1.29, 1.82) is 0 Å². The van der Waals surface area contributed by atoms with E-state index in [1.165, 1.54) is 24.0 Å². The first kappa shape index (κ1) is 24.4. The number of nitrogens with zero attached hydrogens (tertiary/aromatic N) is 2. The lowest BCUT2D eigenvalue weighted by atomic mass is 9.48. The Morgan fingerprint density at radius 2 is 1.95 bits per heavy atom. The second-order valence-corrected chi connectivity index (χ2v) is 12.9. The van der Waals surface area contributed by atoms with Gasteiger partial charge in [0.2, 0.25) is 5.91 Å². The lowest BCUT2D eigenvalue weighted by Gasteiger charge is -2.65. The second-order valence-electron chi connectivity index (χ2n) is 12.9. The largest absolute Gasteiger partial charge is 0.487 e. The number of carbonyl (C=O) groups is 1. The van der Waals surface area contributed by atoms with Crippen molar-refractivity contribution in [2.24, 2.45) is 11.8 Å². The van der Waals surface area contributed by atoms with Gasteiger partial charge in [0.1, 0.15) is 11.9 Å². The maximum Gasteiger partial charge on any atom is 0.246 e. The molecular formula is C33H40N2O3. The van der Waals surface area contributed by atoms with Crippen molar-refractivity contribution in [2.45, 2.75) is 81.6 Å². The average Bonchev–Trinajstić information content (AvgIpc) is 3.66. The Balaban J connectivity index is 1.27. The lowest BCUT2D eigenvalue weighted by Crippen LogP contribution is -2.78. The molecule has 2 aliphatic heterocycles. The zero-order chi connectivity index (χ0) is 26.1. The van der Waals surface area contributed by atoms with Gasteiger partial charge >= 0.3 is 0 Å². The molecule has 2 heterocycles. The SMILES string of the molecule is CC(C)CN(C(=O)C=Cc1ccccc1)[C@H]1CC[C@@]2(O)[C@H]3Cc4cccc5c4[C@@]2(CCN3CC2CC2)[C@H]1O5. The molecule has 1 saturated heterocycles. The number of amides is 1. The minimum atomic E-state index is -0.826. The highest BCUT2D eigenvalue weighted by molar-refractivity contribution is 5.92. The molecular weight excluding hydrogens is 472 g/mol. The van der Waals surface area contributed by atoms with Gasteiger partial charge in [0.25, 0.3) is 0 Å². The Hall–Kier alpha value is -2.63. The third-order valence-corrected chi connectivity index (χ3v) is 10.1. The van der Waals surface area contributed by atoms with Gasteiger partial charge in [-0.1, -0.05) is 56.3 Å². The van der Waals surface area contributed by atoms with Crippen molar-refractivity contribution < 1.29 is 14.6 Å². The van der Waals surface area contributed by atoms with Gasteiger partial charge in [-0.15, -0.1) is 0 Å². The smallest absolute Gasteiger partial charge is 0.246 e. The average molecular weight is 513 g/mol. The Bertz CT molecular complexity index is 1250. The molecule has 7 rings (SSSR count). The van der Waals surface area contributed by atoms with Gasteiger partial charge in [-0.25, -0.2) is 0 Å². The summed E-state index contributed by atoms with van der Waals surface area (Å²) in [6, 6.07) is 16.5. The van der Waals surface area contributed by atoms with Crippen LogP contribution in [0.3, 0.4) is 0 Å². The van der Waals surface area contributed by atoms with Crippen LogP contribution < -0.4 is 4.74 Å². The molecule has 1 N–H and O–H groups in total. The molecule has 5 nitrogen and oxygen atoms in total. The summed E-state index contributed by atoms with van der Waals surface area (Å²) in [5.74, 6) is 2.10. The number of aliphatic hydroxyl groups is 1. The minimum Gasteiger partial charge on any atom is -0.487 e. The molecule has 0 radical (unpaired) electrons. The molecule has 38 heavy (non-hydrogen) atoms. The molecule has 200 valence electrons. The zero-order valence-electron chi connectivity index (χ0n) is 22.7. The zero-order valence-corrected chi connectivity index (χ0v) is 22.7. The first-order valence-electron chi connectivity index (χ1n) is 14.7. The Morgan fingerprint density at radius 3 is 2.71 bits per heavy atom. The number of carbonyl (C=O) groups excluding carboxylic acids is 1. The van der Waals surface area contributed by atoms with Gasteiger partial charge in [-0.05, 0) is 80.2 Å². The van der Waals surface area contributed by atoms with E-state index in [4.69, 9.17) is 4.74 Å². The molecule has 0 aromatic heterocycles. The maximum atomic E-state index is 13.8. The summed E-state index contributed by atoms with van der Waals surface area (Å²) in [6.07, 6.45) is 9.32. The number of ether oxygens (including phenoxy) is 1. The van der Waals surface area contributed by atoms with Gasteiger partial charge in [-0.2, -0.15) is 0 Å². The molecule has 5 heteroatoms. The van der Waals surface area contributed by atoms with Crippen LogP contribution in [0.1, 0.15) is 62.6 Å². The first-order valence-corrected chi connectivity index (χ1v) is 14.7. The summed E-state index contributed by atoms with van der Waals surface area (Å²) in [7, 11) is 0. The third-order valence-electron chi connectivity index (χ3n) is 10.1. The van der Waals surface area contributed by atoms with Crippen molar-refractivity contribution >= 4 is 12.0 Å². The predicted molar refractivity (Wildman–Crippen MR) is 149 cm³/mol. The molecule has 2 aromatic carbocycles. The van der Waals surface area contributed by atoms with Crippen LogP contribution in [0.4, 0.5) is 0 Å². The number of likely N-dealkylation sites (tertiary alicyclic amines) is 1. The van der Waals surface area contributed by atoms with E-state index in [0.717, 1.165) is 49.6 Å². The second kappa shape index (κ2) is 8.96. The van der Waals surface area contributed by atoms with E-state index in [0.29, 0.717) is 18.9 Å². The van der Waals surface area contributed by atoms with Crippen molar-refractivity contribution in [2.75, 3.05) is 19.6 Å². The number of piperidine rings is 1. The van der Waals surface area contributed by atoms with Crippen molar-refractivity contribution in [3.05, 3.63) is 71.3 Å². The van der Waals surface area contributed by atoms with E-state index < -0.39 is 11.0 Å². The molecule has 3 aliphatic carbocycles. The number of rotatable bonds is 7. The summed E-state index contributed by atoms with van der Waals surface area (Å²) < 4.78 is 6.86. The van der Waals surface area contributed by atoms with Crippen LogP contribution in [0.2, 0.25) is 0 Å². The lowest BCUT2D eigenvalue weighted by molar-refractivity contribution is -0.201. The normalized spacial score (nSPS) is 33.3. The standard InChI is InChI=1S/C33H40N2O3/c1-22(2)20-35(29(36)14-13-23-7-4-3-5-8-23)26-15-16-33(37)28-19-25-9-6-10-27-30(25)32(33,31(26)38-27)17-18-34(28)21-24-11-12-24/h3-10,13-14,22,24,26,28,31,37H,11-12,15-21H2,1-2H3/t26-,28+,31-,32-,33+/m0/s1. The third kappa shape index (κ3) is 3.61. The van der Waals surface area contributed by atoms with Crippen LogP contribution in [-0.4, -0.2) is 64.2 Å². The fourth-order valence-corrected chi connectivity index (χ4v) is 8.35.